The van der Waals surface area contributed by atoms with Gasteiger partial charge in [0.25, 0.3) is 0 Å². The van der Waals surface area contributed by atoms with Gasteiger partial charge in [-0.25, -0.2) is 14.8 Å². The Balaban J connectivity index is 1.60. The van der Waals surface area contributed by atoms with Crippen LogP contribution in [0.3, 0.4) is 0 Å². The summed E-state index contributed by atoms with van der Waals surface area (Å²) in [6.07, 6.45) is 4.56. The largest absolute Gasteiger partial charge is 0.508 e. The Kier molecular flexibility index (Phi) is 10.5. The van der Waals surface area contributed by atoms with Crippen LogP contribution in [0.4, 0.5) is 11.6 Å². The molecular formula is C42H44N4O10. The minimum atomic E-state index is -1.37. The molecule has 0 spiro atoms. The highest BCUT2D eigenvalue weighted by Gasteiger charge is 2.52. The predicted molar refractivity (Wildman–Crippen MR) is 206 cm³/mol. The van der Waals surface area contributed by atoms with Gasteiger partial charge in [-0.1, -0.05) is 24.3 Å². The zero-order chi connectivity index (χ0) is 39.9. The molecule has 5 unspecified atom stereocenters. The van der Waals surface area contributed by atoms with E-state index in [1.165, 1.54) is 18.2 Å². The Bertz CT molecular complexity index is 2390. The highest BCUT2D eigenvalue weighted by Crippen LogP contribution is 2.56. The molecule has 0 saturated carbocycles. The summed E-state index contributed by atoms with van der Waals surface area (Å²) in [6.45, 7) is 1.74. The van der Waals surface area contributed by atoms with Crippen LogP contribution in [0.5, 0.6) is 17.2 Å². The lowest BCUT2D eigenvalue weighted by molar-refractivity contribution is -0.165. The molecule has 0 radical (unpaired) electrons. The number of aliphatic hydroxyl groups excluding tert-OH is 3. The first kappa shape index (κ1) is 38.3. The number of fused-ring (bicyclic) bond motifs is 4. The highest BCUT2D eigenvalue weighted by molar-refractivity contribution is 5.92. The Morgan fingerprint density at radius 1 is 1.09 bits per heavy atom. The second-order valence-electron chi connectivity index (χ2n) is 14.5. The number of hydrogen-bond acceptors (Lipinski definition) is 14. The minimum absolute atomic E-state index is 0.0175. The Morgan fingerprint density at radius 2 is 1.89 bits per heavy atom. The summed E-state index contributed by atoms with van der Waals surface area (Å²) in [5, 5.41) is 54.0. The van der Waals surface area contributed by atoms with E-state index in [1.807, 2.05) is 13.0 Å². The second kappa shape index (κ2) is 15.3. The van der Waals surface area contributed by atoms with Crippen LogP contribution in [0, 0.1) is 5.92 Å². The number of phenolic OH excluding ortho intramolecular Hbond substituents is 2. The van der Waals surface area contributed by atoms with Crippen molar-refractivity contribution in [3.05, 3.63) is 122 Å². The smallest absolute Gasteiger partial charge is 0.336 e. The maximum absolute atomic E-state index is 13.9. The van der Waals surface area contributed by atoms with Gasteiger partial charge in [-0.15, -0.1) is 0 Å². The number of allylic oxidation sites excluding steroid dienone is 1. The number of aromatic nitrogens is 2. The van der Waals surface area contributed by atoms with Gasteiger partial charge in [-0.2, -0.15) is 0 Å². The van der Waals surface area contributed by atoms with Crippen LogP contribution >= 0.6 is 0 Å². The minimum Gasteiger partial charge on any atom is -0.508 e. The second-order valence-corrected chi connectivity index (χ2v) is 14.5. The van der Waals surface area contributed by atoms with Crippen LogP contribution in [-0.4, -0.2) is 66.4 Å². The fourth-order valence-corrected chi connectivity index (χ4v) is 8.37. The summed E-state index contributed by atoms with van der Waals surface area (Å²) in [4.78, 5) is 36.3. The molecule has 2 bridgehead atoms. The number of phenols is 2. The molecular weight excluding hydrogens is 720 g/mol. The number of aromatic hydroxyl groups is 2. The van der Waals surface area contributed by atoms with Crippen molar-refractivity contribution in [2.24, 2.45) is 5.92 Å². The van der Waals surface area contributed by atoms with Crippen LogP contribution < -0.4 is 21.6 Å². The van der Waals surface area contributed by atoms with Crippen molar-refractivity contribution in [3.63, 3.8) is 0 Å². The third-order valence-corrected chi connectivity index (χ3v) is 11.4. The number of carbonyl (C=O) groups excluding carboxylic acids is 1. The monoisotopic (exact) mass is 764 g/mol. The predicted octanol–water partition coefficient (Wildman–Crippen LogP) is 3.91. The van der Waals surface area contributed by atoms with Crippen molar-refractivity contribution in [2.45, 2.75) is 69.7 Å². The van der Waals surface area contributed by atoms with Crippen molar-refractivity contribution < 1.29 is 44.2 Å². The molecule has 7 rings (SSSR count). The fraction of sp³-hybridized carbons (Fsp3) is 0.333. The molecule has 0 fully saturated rings. The van der Waals surface area contributed by atoms with Gasteiger partial charge < -0.3 is 50.9 Å². The van der Waals surface area contributed by atoms with Crippen LogP contribution in [0.15, 0.2) is 81.8 Å². The molecule has 3 aromatic heterocycles. The number of aliphatic hydroxyl groups is 3. The number of nitrogens with two attached hydrogens (primary N) is 2. The normalized spacial score (nSPS) is 21.2. The number of rotatable bonds is 9. The summed E-state index contributed by atoms with van der Waals surface area (Å²) in [5.41, 5.74) is 13.6. The van der Waals surface area contributed by atoms with E-state index in [4.69, 9.17) is 25.4 Å². The standard InChI is InChI=1S/C42H44N4O10/c1-3-22(18-47)41(53)55-32-16-29-37(52)35-31(51)15-26(19-48)54-39(35)36-34(30(20-49)23-5-4-6-25(50)14-23)27-11-12-45-40(44)28(27)9-8-24(42(32,2)56-38(29)36)13-21-7-10-33(43)46-17-21/h3-7,10-12,14-15,17,24,30,32,34,47-50,52H,8-9,13,16,18-20H2,1-2H3,(H2,43,46)(H2,44,45). The number of carbonyl (C=O) groups is 1. The molecule has 14 heteroatoms. The summed E-state index contributed by atoms with van der Waals surface area (Å²) < 4.78 is 19.7. The van der Waals surface area contributed by atoms with Crippen LogP contribution in [0.2, 0.25) is 0 Å². The van der Waals surface area contributed by atoms with Crippen LogP contribution in [-0.2, 0) is 35.4 Å². The van der Waals surface area contributed by atoms with E-state index >= 15 is 0 Å². The van der Waals surface area contributed by atoms with Gasteiger partial charge in [0.2, 0.25) is 0 Å². The van der Waals surface area contributed by atoms with E-state index in [0.29, 0.717) is 41.8 Å². The van der Waals surface area contributed by atoms with Gasteiger partial charge in [0.15, 0.2) is 5.43 Å². The van der Waals surface area contributed by atoms with Crippen molar-refractivity contribution in [1.82, 2.24) is 9.97 Å². The molecule has 56 heavy (non-hydrogen) atoms. The maximum atomic E-state index is 13.9. The lowest BCUT2D eigenvalue weighted by atomic mass is 9.69. The van der Waals surface area contributed by atoms with E-state index in [-0.39, 0.29) is 57.2 Å². The third-order valence-electron chi connectivity index (χ3n) is 11.4. The van der Waals surface area contributed by atoms with E-state index in [2.05, 4.69) is 9.97 Å². The van der Waals surface area contributed by atoms with Crippen molar-refractivity contribution in [2.75, 3.05) is 24.7 Å². The first-order valence-corrected chi connectivity index (χ1v) is 18.4. The third kappa shape index (κ3) is 6.69. The summed E-state index contributed by atoms with van der Waals surface area (Å²) in [5.74, 6) is -2.88. The molecule has 2 aliphatic heterocycles. The lowest BCUT2D eigenvalue weighted by Gasteiger charge is -2.48. The first-order chi connectivity index (χ1) is 26.9. The molecule has 5 atom stereocenters. The fourth-order valence-electron chi connectivity index (χ4n) is 8.37. The molecule has 9 N–H and O–H groups in total. The summed E-state index contributed by atoms with van der Waals surface area (Å²) >= 11 is 0. The highest BCUT2D eigenvalue weighted by atomic mass is 16.6. The van der Waals surface area contributed by atoms with Gasteiger partial charge in [0.05, 0.1) is 18.8 Å². The quantitative estimate of drug-likeness (QED) is 0.0832. The van der Waals surface area contributed by atoms with Crippen molar-refractivity contribution >= 4 is 28.6 Å². The van der Waals surface area contributed by atoms with Crippen molar-refractivity contribution in [3.8, 4) is 17.2 Å². The van der Waals surface area contributed by atoms with Crippen molar-refractivity contribution in [1.29, 1.82) is 0 Å². The molecule has 2 aliphatic rings. The molecule has 2 aromatic carbocycles. The number of nitrogen functional groups attached to an aromatic ring is 2. The number of nitrogens with zero attached hydrogens (tertiary/aromatic N) is 2. The van der Waals surface area contributed by atoms with E-state index in [9.17, 15) is 35.1 Å². The zero-order valence-corrected chi connectivity index (χ0v) is 30.9. The topological polar surface area (TPSA) is 245 Å². The van der Waals surface area contributed by atoms with E-state index < -0.39 is 66.4 Å². The number of esters is 1. The Labute approximate surface area is 321 Å². The molecule has 292 valence electrons. The lowest BCUT2D eigenvalue weighted by Crippen LogP contribution is -2.57. The van der Waals surface area contributed by atoms with Gasteiger partial charge in [0, 0.05) is 53.8 Å². The average Bonchev–Trinajstić information content (AvgIpc) is 3.17. The average molecular weight is 765 g/mol. The molecule has 0 amide bonds. The molecule has 5 aromatic rings. The number of anilines is 2. The first-order valence-electron chi connectivity index (χ1n) is 18.4. The van der Waals surface area contributed by atoms with Crippen LogP contribution in [0.25, 0.3) is 11.0 Å². The number of benzene rings is 2. The molecule has 0 saturated heterocycles. The molecule has 14 nitrogen and oxygen atoms in total. The maximum Gasteiger partial charge on any atom is 0.336 e. The zero-order valence-electron chi connectivity index (χ0n) is 30.9. The van der Waals surface area contributed by atoms with E-state index in [0.717, 1.165) is 11.6 Å². The Hall–Kier alpha value is -5.96. The van der Waals surface area contributed by atoms with E-state index in [1.54, 1.807) is 43.6 Å². The Morgan fingerprint density at radius 3 is 2.57 bits per heavy atom. The van der Waals surface area contributed by atoms with Gasteiger partial charge >= 0.3 is 5.97 Å². The summed E-state index contributed by atoms with van der Waals surface area (Å²) in [7, 11) is 0. The molecule has 0 aliphatic carbocycles. The van der Waals surface area contributed by atoms with Gasteiger partial charge in [-0.05, 0) is 79.6 Å². The van der Waals surface area contributed by atoms with Gasteiger partial charge in [-0.3, -0.25) is 4.79 Å². The summed E-state index contributed by atoms with van der Waals surface area (Å²) in [6, 6.07) is 12.9. The van der Waals surface area contributed by atoms with Gasteiger partial charge in [0.1, 0.15) is 63.9 Å². The number of ether oxygens (including phenoxy) is 2. The SMILES string of the molecule is CC=C(CO)C(=O)OC1Cc2c3c(c4oc(CO)cc(=O)c4c2O)C(C(CO)c2cccc(O)c2)c2ccnc(N)c2CCC(Cc2ccc(N)nc2)C1(C)O3. The molecule has 5 heterocycles. The van der Waals surface area contributed by atoms with Crippen LogP contribution in [0.1, 0.15) is 71.2 Å². The number of hydrogen-bond donors (Lipinski definition) is 7. The number of pyridine rings is 2.